The summed E-state index contributed by atoms with van der Waals surface area (Å²) < 4.78 is 0. The van der Waals surface area contributed by atoms with E-state index >= 15 is 0 Å². The highest BCUT2D eigenvalue weighted by molar-refractivity contribution is 6.08. The van der Waals surface area contributed by atoms with Crippen LogP contribution < -0.4 is 5.32 Å². The van der Waals surface area contributed by atoms with Crippen molar-refractivity contribution in [1.29, 1.82) is 0 Å². The fourth-order valence-electron chi connectivity index (χ4n) is 6.79. The first-order chi connectivity index (χ1) is 19.0. The van der Waals surface area contributed by atoms with Gasteiger partial charge in [-0.2, -0.15) is 0 Å². The van der Waals surface area contributed by atoms with Gasteiger partial charge >= 0.3 is 0 Å². The zero-order valence-electron chi connectivity index (χ0n) is 23.4. The van der Waals surface area contributed by atoms with Crippen LogP contribution in [-0.2, 0) is 16.1 Å². The Bertz CT molecular complexity index is 1130. The van der Waals surface area contributed by atoms with Gasteiger partial charge in [-0.1, -0.05) is 100 Å². The van der Waals surface area contributed by atoms with Crippen LogP contribution in [0.15, 0.2) is 54.6 Å². The van der Waals surface area contributed by atoms with Crippen LogP contribution in [0.3, 0.4) is 0 Å². The summed E-state index contributed by atoms with van der Waals surface area (Å²) in [5, 5.41) is 3.19. The Labute approximate surface area is 233 Å². The number of likely N-dealkylation sites (tertiary alicyclic amines) is 1. The Hall–Kier alpha value is -2.99. The Balaban J connectivity index is 1.22. The predicted molar refractivity (Wildman–Crippen MR) is 153 cm³/mol. The summed E-state index contributed by atoms with van der Waals surface area (Å²) in [4.78, 5) is 44.5. The Morgan fingerprint density at radius 1 is 0.923 bits per heavy atom. The zero-order valence-corrected chi connectivity index (χ0v) is 23.4. The number of hydrogen-bond acceptors (Lipinski definition) is 4. The third-order valence-corrected chi connectivity index (χ3v) is 9.18. The molecule has 39 heavy (non-hydrogen) atoms. The smallest absolute Gasteiger partial charge is 0.246 e. The largest absolute Gasteiger partial charge is 0.342 e. The number of ketones is 1. The van der Waals surface area contributed by atoms with Crippen LogP contribution in [0.1, 0.15) is 92.6 Å². The zero-order chi connectivity index (χ0) is 27.2. The molecule has 2 aromatic rings. The quantitative estimate of drug-likeness (QED) is 0.445. The van der Waals surface area contributed by atoms with E-state index in [-0.39, 0.29) is 23.6 Å². The van der Waals surface area contributed by atoms with Crippen molar-refractivity contribution in [2.45, 2.75) is 89.3 Å². The van der Waals surface area contributed by atoms with Gasteiger partial charge < -0.3 is 10.2 Å². The fraction of sp³-hybridized carbons (Fsp3) is 0.545. The number of nitrogens with one attached hydrogen (secondary N) is 1. The molecule has 3 aliphatic rings. The Morgan fingerprint density at radius 3 is 2.26 bits per heavy atom. The summed E-state index contributed by atoms with van der Waals surface area (Å²) in [6.45, 7) is 5.11. The lowest BCUT2D eigenvalue weighted by molar-refractivity contribution is -0.162. The first-order valence-corrected chi connectivity index (χ1v) is 15.0. The number of hydrogen-bond donors (Lipinski definition) is 1. The number of carbonyl (C=O) groups is 3. The third kappa shape index (κ3) is 6.11. The third-order valence-electron chi connectivity index (χ3n) is 9.18. The summed E-state index contributed by atoms with van der Waals surface area (Å²) >= 11 is 0. The van der Waals surface area contributed by atoms with Gasteiger partial charge in [0.15, 0.2) is 5.78 Å². The average Bonchev–Trinajstić information content (AvgIpc) is 2.98. The number of amides is 2. The van der Waals surface area contributed by atoms with Crippen molar-refractivity contribution < 1.29 is 14.4 Å². The van der Waals surface area contributed by atoms with Crippen molar-refractivity contribution in [3.63, 3.8) is 0 Å². The summed E-state index contributed by atoms with van der Waals surface area (Å²) in [6.07, 6.45) is 10.2. The molecule has 0 unspecified atom stereocenters. The molecule has 2 saturated heterocycles. The van der Waals surface area contributed by atoms with Gasteiger partial charge in [0.25, 0.3) is 0 Å². The second-order valence-corrected chi connectivity index (χ2v) is 11.8. The molecular formula is C33H43N3O3. The molecule has 1 aliphatic carbocycles. The van der Waals surface area contributed by atoms with E-state index in [1.54, 1.807) is 0 Å². The maximum absolute atomic E-state index is 13.8. The maximum Gasteiger partial charge on any atom is 0.246 e. The van der Waals surface area contributed by atoms with Gasteiger partial charge in [-0.25, -0.2) is 0 Å². The van der Waals surface area contributed by atoms with Crippen molar-refractivity contribution >= 4 is 17.6 Å². The standard InChI is InChI=1S/C33H43N3O3/c1-2-3-20-36-31(38)29(23-25-10-6-4-7-11-25)34-32(39)33(36)18-21-35(22-19-33)24-26-14-16-28(17-15-26)30(37)27-12-8-5-9-13-27/h5,8-9,12-17,25,29H,2-4,6-7,10-11,18-24H2,1H3,(H,34,39)/t29-/m0/s1. The molecule has 0 aromatic heterocycles. The van der Waals surface area contributed by atoms with Crippen molar-refractivity contribution in [3.05, 3.63) is 71.3 Å². The van der Waals surface area contributed by atoms with Crippen molar-refractivity contribution in [2.75, 3.05) is 19.6 Å². The van der Waals surface area contributed by atoms with Crippen LogP contribution in [-0.4, -0.2) is 58.6 Å². The molecule has 5 rings (SSSR count). The molecule has 2 aliphatic heterocycles. The maximum atomic E-state index is 13.8. The van der Waals surface area contributed by atoms with Gasteiger partial charge in [0.05, 0.1) is 0 Å². The van der Waals surface area contributed by atoms with E-state index in [1.807, 2.05) is 59.5 Å². The lowest BCUT2D eigenvalue weighted by atomic mass is 9.79. The summed E-state index contributed by atoms with van der Waals surface area (Å²) in [5.74, 6) is 0.776. The highest BCUT2D eigenvalue weighted by Gasteiger charge is 2.53. The minimum Gasteiger partial charge on any atom is -0.342 e. The Kier molecular flexibility index (Phi) is 8.81. The summed E-state index contributed by atoms with van der Waals surface area (Å²) in [5.41, 5.74) is 1.81. The molecule has 208 valence electrons. The molecule has 0 radical (unpaired) electrons. The van der Waals surface area contributed by atoms with Crippen molar-refractivity contribution in [2.24, 2.45) is 5.92 Å². The molecule has 2 aromatic carbocycles. The lowest BCUT2D eigenvalue weighted by Gasteiger charge is -2.52. The average molecular weight is 530 g/mol. The van der Waals surface area contributed by atoms with Crippen molar-refractivity contribution in [1.82, 2.24) is 15.1 Å². The molecule has 3 fully saturated rings. The van der Waals surface area contributed by atoms with Gasteiger partial charge in [0, 0.05) is 37.3 Å². The summed E-state index contributed by atoms with van der Waals surface area (Å²) in [7, 11) is 0. The second kappa shape index (κ2) is 12.5. The SMILES string of the molecule is CCCCN1C(=O)[C@H](CC2CCCCC2)NC(=O)C12CCN(Cc1ccc(C(=O)c3ccccc3)cc1)CC2. The molecule has 1 N–H and O–H groups in total. The first kappa shape index (κ1) is 27.6. The normalized spacial score (nSPS) is 22.2. The molecule has 1 atom stereocenters. The van der Waals surface area contributed by atoms with E-state index in [2.05, 4.69) is 17.1 Å². The van der Waals surface area contributed by atoms with Gasteiger partial charge in [-0.05, 0) is 37.2 Å². The van der Waals surface area contributed by atoms with Crippen LogP contribution in [0.4, 0.5) is 0 Å². The highest BCUT2D eigenvalue weighted by Crippen LogP contribution is 2.36. The monoisotopic (exact) mass is 529 g/mol. The van der Waals surface area contributed by atoms with E-state index < -0.39 is 5.54 Å². The van der Waals surface area contributed by atoms with Gasteiger partial charge in [-0.15, -0.1) is 0 Å². The van der Waals surface area contributed by atoms with E-state index in [0.29, 0.717) is 36.4 Å². The molecule has 2 amide bonds. The fourth-order valence-corrected chi connectivity index (χ4v) is 6.79. The number of nitrogens with zero attached hydrogens (tertiary/aromatic N) is 2. The summed E-state index contributed by atoms with van der Waals surface area (Å²) in [6, 6.07) is 16.9. The van der Waals surface area contributed by atoms with Gasteiger partial charge in [0.2, 0.25) is 11.8 Å². The number of piperazine rings is 1. The minimum atomic E-state index is -0.724. The van der Waals surface area contributed by atoms with Crippen LogP contribution in [0.2, 0.25) is 0 Å². The first-order valence-electron chi connectivity index (χ1n) is 15.0. The molecule has 1 saturated carbocycles. The van der Waals surface area contributed by atoms with E-state index in [4.69, 9.17) is 0 Å². The number of piperidine rings is 1. The minimum absolute atomic E-state index is 0.0315. The van der Waals surface area contributed by atoms with E-state index in [0.717, 1.165) is 44.5 Å². The van der Waals surface area contributed by atoms with Gasteiger partial charge in [0.1, 0.15) is 11.6 Å². The number of unbranched alkanes of at least 4 members (excludes halogenated alkanes) is 1. The number of carbonyl (C=O) groups excluding carboxylic acids is 3. The number of benzene rings is 2. The predicted octanol–water partition coefficient (Wildman–Crippen LogP) is 5.35. The molecular weight excluding hydrogens is 486 g/mol. The van der Waals surface area contributed by atoms with Crippen molar-refractivity contribution in [3.8, 4) is 0 Å². The lowest BCUT2D eigenvalue weighted by Crippen LogP contribution is -2.73. The van der Waals surface area contributed by atoms with E-state index in [1.165, 1.54) is 32.1 Å². The molecule has 2 heterocycles. The Morgan fingerprint density at radius 2 is 1.59 bits per heavy atom. The second-order valence-electron chi connectivity index (χ2n) is 11.8. The number of rotatable bonds is 9. The molecule has 6 heteroatoms. The van der Waals surface area contributed by atoms with E-state index in [9.17, 15) is 14.4 Å². The van der Waals surface area contributed by atoms with Crippen LogP contribution in [0.25, 0.3) is 0 Å². The van der Waals surface area contributed by atoms with Gasteiger partial charge in [-0.3, -0.25) is 19.3 Å². The van der Waals surface area contributed by atoms with Crippen LogP contribution >= 0.6 is 0 Å². The van der Waals surface area contributed by atoms with Crippen LogP contribution in [0, 0.1) is 5.92 Å². The topological polar surface area (TPSA) is 69.7 Å². The molecule has 0 bridgehead atoms. The van der Waals surface area contributed by atoms with Crippen LogP contribution in [0.5, 0.6) is 0 Å². The molecule has 6 nitrogen and oxygen atoms in total. The highest BCUT2D eigenvalue weighted by atomic mass is 16.2. The molecule has 1 spiro atoms.